The Bertz CT molecular complexity index is 422. The third kappa shape index (κ3) is 3.85. The lowest BCUT2D eigenvalue weighted by molar-refractivity contribution is 0.242. The highest BCUT2D eigenvalue weighted by Crippen LogP contribution is 2.30. The summed E-state index contributed by atoms with van der Waals surface area (Å²) in [4.78, 5) is 0. The van der Waals surface area contributed by atoms with Gasteiger partial charge in [-0.25, -0.2) is 0 Å². The van der Waals surface area contributed by atoms with Crippen LogP contribution in [0.2, 0.25) is 0 Å². The van der Waals surface area contributed by atoms with E-state index < -0.39 is 0 Å². The summed E-state index contributed by atoms with van der Waals surface area (Å²) < 4.78 is 1.97. The predicted octanol–water partition coefficient (Wildman–Crippen LogP) is 3.98. The lowest BCUT2D eigenvalue weighted by Gasteiger charge is -2.32. The van der Waals surface area contributed by atoms with Gasteiger partial charge in [0.15, 0.2) is 0 Å². The number of nitrogens with zero attached hydrogens (tertiary/aromatic N) is 2. The van der Waals surface area contributed by atoms with Gasteiger partial charge in [0.25, 0.3) is 0 Å². The molecule has 1 aliphatic rings. The summed E-state index contributed by atoms with van der Waals surface area (Å²) in [6, 6.07) is 1.09. The van der Waals surface area contributed by atoms with Crippen molar-refractivity contribution in [3.8, 4) is 0 Å². The van der Waals surface area contributed by atoms with Crippen LogP contribution in [0.1, 0.15) is 70.2 Å². The monoisotopic (exact) mass is 277 g/mol. The van der Waals surface area contributed by atoms with E-state index in [1.54, 1.807) is 0 Å². The van der Waals surface area contributed by atoms with E-state index in [1.165, 1.54) is 43.4 Å². The van der Waals surface area contributed by atoms with Crippen LogP contribution >= 0.6 is 0 Å². The van der Waals surface area contributed by atoms with Gasteiger partial charge < -0.3 is 5.32 Å². The van der Waals surface area contributed by atoms with E-state index in [2.05, 4.69) is 38.1 Å². The Morgan fingerprint density at radius 3 is 2.70 bits per heavy atom. The van der Waals surface area contributed by atoms with Crippen LogP contribution in [-0.2, 0) is 7.05 Å². The zero-order valence-corrected chi connectivity index (χ0v) is 13.8. The molecule has 1 aromatic rings. The quantitative estimate of drug-likeness (QED) is 0.882. The number of hydrogen-bond acceptors (Lipinski definition) is 2. The zero-order chi connectivity index (χ0) is 14.7. The fourth-order valence-corrected chi connectivity index (χ4v) is 3.71. The van der Waals surface area contributed by atoms with Gasteiger partial charge in [0.1, 0.15) is 0 Å². The molecule has 0 saturated heterocycles. The first kappa shape index (κ1) is 15.6. The highest BCUT2D eigenvalue weighted by Gasteiger charge is 2.24. The van der Waals surface area contributed by atoms with Gasteiger partial charge in [0.2, 0.25) is 0 Å². The summed E-state index contributed by atoms with van der Waals surface area (Å²) in [5, 5.41) is 8.20. The Labute approximate surface area is 124 Å². The molecule has 0 aliphatic heterocycles. The molecule has 20 heavy (non-hydrogen) atoms. The van der Waals surface area contributed by atoms with Crippen molar-refractivity contribution in [1.82, 2.24) is 15.1 Å². The van der Waals surface area contributed by atoms with Gasteiger partial charge in [0.05, 0.1) is 6.20 Å². The van der Waals surface area contributed by atoms with Crippen molar-refractivity contribution in [2.24, 2.45) is 18.9 Å². The minimum atomic E-state index is 0.409. The molecule has 1 aliphatic carbocycles. The first-order chi connectivity index (χ1) is 9.47. The molecule has 1 fully saturated rings. The van der Waals surface area contributed by atoms with E-state index in [9.17, 15) is 0 Å². The SMILES string of the molecule is Cc1c(C(C)NC2CCCC(CC(C)C)C2)cnn1C. The topological polar surface area (TPSA) is 29.9 Å². The smallest absolute Gasteiger partial charge is 0.0540 e. The second kappa shape index (κ2) is 6.75. The Kier molecular flexibility index (Phi) is 5.25. The minimum absolute atomic E-state index is 0.409. The molecule has 1 heterocycles. The predicted molar refractivity (Wildman–Crippen MR) is 84.7 cm³/mol. The van der Waals surface area contributed by atoms with E-state index in [0.717, 1.165) is 11.8 Å². The molecule has 3 atom stereocenters. The summed E-state index contributed by atoms with van der Waals surface area (Å²) in [5.74, 6) is 1.75. The first-order valence-electron chi connectivity index (χ1n) is 8.22. The van der Waals surface area contributed by atoms with E-state index in [0.29, 0.717) is 12.1 Å². The van der Waals surface area contributed by atoms with E-state index in [-0.39, 0.29) is 0 Å². The Morgan fingerprint density at radius 1 is 1.35 bits per heavy atom. The van der Waals surface area contributed by atoms with Crippen LogP contribution in [-0.4, -0.2) is 15.8 Å². The van der Waals surface area contributed by atoms with Crippen molar-refractivity contribution >= 4 is 0 Å². The maximum absolute atomic E-state index is 4.36. The van der Waals surface area contributed by atoms with Gasteiger partial charge in [-0.2, -0.15) is 5.10 Å². The summed E-state index contributed by atoms with van der Waals surface area (Å²) in [7, 11) is 2.02. The van der Waals surface area contributed by atoms with Gasteiger partial charge in [-0.15, -0.1) is 0 Å². The number of nitrogens with one attached hydrogen (secondary N) is 1. The summed E-state index contributed by atoms with van der Waals surface area (Å²) >= 11 is 0. The van der Waals surface area contributed by atoms with Crippen LogP contribution in [0, 0.1) is 18.8 Å². The van der Waals surface area contributed by atoms with Crippen molar-refractivity contribution < 1.29 is 0 Å². The molecule has 0 spiro atoms. The summed E-state index contributed by atoms with van der Waals surface area (Å²) in [6.45, 7) is 9.12. The Balaban J connectivity index is 1.90. The lowest BCUT2D eigenvalue weighted by Crippen LogP contribution is -2.36. The first-order valence-corrected chi connectivity index (χ1v) is 8.22. The molecule has 1 aromatic heterocycles. The Hall–Kier alpha value is -0.830. The van der Waals surface area contributed by atoms with Crippen molar-refractivity contribution in [2.45, 2.75) is 71.9 Å². The van der Waals surface area contributed by atoms with E-state index in [4.69, 9.17) is 0 Å². The fraction of sp³-hybridized carbons (Fsp3) is 0.824. The fourth-order valence-electron chi connectivity index (χ4n) is 3.71. The van der Waals surface area contributed by atoms with E-state index in [1.807, 2.05) is 17.9 Å². The second-order valence-electron chi connectivity index (χ2n) is 7.06. The van der Waals surface area contributed by atoms with Gasteiger partial charge in [-0.05, 0) is 44.9 Å². The van der Waals surface area contributed by atoms with Crippen LogP contribution in [0.4, 0.5) is 0 Å². The molecule has 1 saturated carbocycles. The molecule has 2 rings (SSSR count). The molecule has 0 radical (unpaired) electrons. The highest BCUT2D eigenvalue weighted by molar-refractivity contribution is 5.19. The van der Waals surface area contributed by atoms with Gasteiger partial charge >= 0.3 is 0 Å². The average molecular weight is 277 g/mol. The maximum Gasteiger partial charge on any atom is 0.0540 e. The molecule has 0 aromatic carbocycles. The normalized spacial score (nSPS) is 25.1. The lowest BCUT2D eigenvalue weighted by atomic mass is 9.81. The van der Waals surface area contributed by atoms with Crippen LogP contribution < -0.4 is 5.32 Å². The number of aryl methyl sites for hydroxylation is 1. The van der Waals surface area contributed by atoms with Crippen molar-refractivity contribution in [1.29, 1.82) is 0 Å². The highest BCUT2D eigenvalue weighted by atomic mass is 15.3. The van der Waals surface area contributed by atoms with Crippen molar-refractivity contribution in [3.05, 3.63) is 17.5 Å². The summed E-state index contributed by atoms with van der Waals surface area (Å²) in [6.07, 6.45) is 8.89. The molecule has 0 amide bonds. The third-order valence-electron chi connectivity index (χ3n) is 4.81. The third-order valence-corrected chi connectivity index (χ3v) is 4.81. The van der Waals surface area contributed by atoms with Crippen LogP contribution in [0.25, 0.3) is 0 Å². The maximum atomic E-state index is 4.36. The molecule has 3 unspecified atom stereocenters. The molecular weight excluding hydrogens is 246 g/mol. The number of aromatic nitrogens is 2. The zero-order valence-electron chi connectivity index (χ0n) is 13.8. The molecule has 3 nitrogen and oxygen atoms in total. The average Bonchev–Trinajstić information content (AvgIpc) is 2.69. The minimum Gasteiger partial charge on any atom is -0.307 e. The van der Waals surface area contributed by atoms with Crippen molar-refractivity contribution in [3.63, 3.8) is 0 Å². The number of hydrogen-bond donors (Lipinski definition) is 1. The standard InChI is InChI=1S/C17H31N3/c1-12(2)9-15-7-6-8-16(10-15)19-13(3)17-11-18-20(5)14(17)4/h11-13,15-16,19H,6-10H2,1-5H3. The Morgan fingerprint density at radius 2 is 2.10 bits per heavy atom. The van der Waals surface area contributed by atoms with E-state index >= 15 is 0 Å². The van der Waals surface area contributed by atoms with Gasteiger partial charge in [-0.1, -0.05) is 26.7 Å². The summed E-state index contributed by atoms with van der Waals surface area (Å²) in [5.41, 5.74) is 2.62. The van der Waals surface area contributed by atoms with Crippen LogP contribution in [0.5, 0.6) is 0 Å². The largest absolute Gasteiger partial charge is 0.307 e. The molecule has 114 valence electrons. The molecule has 0 bridgehead atoms. The van der Waals surface area contributed by atoms with Crippen LogP contribution in [0.3, 0.4) is 0 Å². The molecule has 1 N–H and O–H groups in total. The number of rotatable bonds is 5. The van der Waals surface area contributed by atoms with Crippen molar-refractivity contribution in [2.75, 3.05) is 0 Å². The second-order valence-corrected chi connectivity index (χ2v) is 7.06. The van der Waals surface area contributed by atoms with Crippen LogP contribution in [0.15, 0.2) is 6.20 Å². The van der Waals surface area contributed by atoms with Gasteiger partial charge in [-0.3, -0.25) is 4.68 Å². The van der Waals surface area contributed by atoms with Gasteiger partial charge in [0, 0.05) is 30.4 Å². The molecular formula is C17H31N3. The molecule has 3 heteroatoms.